The normalized spacial score (nSPS) is 20.4. The summed E-state index contributed by atoms with van der Waals surface area (Å²) in [4.78, 5) is 51.2. The first-order valence-electron chi connectivity index (χ1n) is 9.02. The van der Waals surface area contributed by atoms with Crippen LogP contribution in [0.15, 0.2) is 18.2 Å². The Hall–Kier alpha value is -2.94. The molecule has 0 bridgehead atoms. The van der Waals surface area contributed by atoms with E-state index in [1.54, 1.807) is 30.0 Å². The Morgan fingerprint density at radius 2 is 1.96 bits per heavy atom. The number of anilines is 1. The van der Waals surface area contributed by atoms with E-state index in [0.29, 0.717) is 24.3 Å². The van der Waals surface area contributed by atoms with Crippen LogP contribution >= 0.6 is 0 Å². The smallest absolute Gasteiger partial charge is 0.348 e. The topological polar surface area (TPSA) is 113 Å². The molecule has 0 aromatic heterocycles. The molecule has 2 fully saturated rings. The Morgan fingerprint density at radius 1 is 1.25 bits per heavy atom. The largest absolute Gasteiger partial charge is 0.478 e. The number of ether oxygens (including phenoxy) is 2. The summed E-state index contributed by atoms with van der Waals surface area (Å²) in [5.41, 5.74) is 1.73. The van der Waals surface area contributed by atoms with Crippen LogP contribution in [0.3, 0.4) is 0 Å². The van der Waals surface area contributed by atoms with E-state index in [2.05, 4.69) is 0 Å². The average Bonchev–Trinajstić information content (AvgIpc) is 2.59. The molecule has 3 rings (SSSR count). The number of carboxylic acid groups (broad SMARTS) is 1. The van der Waals surface area contributed by atoms with Gasteiger partial charge in [-0.3, -0.25) is 14.4 Å². The summed E-state index contributed by atoms with van der Waals surface area (Å²) < 4.78 is 10.1. The number of hydrogen-bond donors (Lipinski definition) is 1. The van der Waals surface area contributed by atoms with E-state index in [0.717, 1.165) is 18.9 Å². The van der Waals surface area contributed by atoms with Crippen molar-refractivity contribution < 1.29 is 33.8 Å². The molecule has 0 spiro atoms. The van der Waals surface area contributed by atoms with Gasteiger partial charge in [0.25, 0.3) is 11.8 Å². The molecule has 1 aromatic rings. The van der Waals surface area contributed by atoms with Crippen LogP contribution in [-0.2, 0) is 23.9 Å². The number of likely N-dealkylation sites (tertiary alicyclic amines) is 1. The van der Waals surface area contributed by atoms with Gasteiger partial charge >= 0.3 is 11.9 Å². The first kappa shape index (κ1) is 19.8. The van der Waals surface area contributed by atoms with Crippen LogP contribution in [0.1, 0.15) is 29.3 Å². The van der Waals surface area contributed by atoms with Crippen molar-refractivity contribution in [1.29, 1.82) is 0 Å². The van der Waals surface area contributed by atoms with Gasteiger partial charge in [-0.05, 0) is 31.0 Å². The van der Waals surface area contributed by atoms with Crippen LogP contribution in [0.2, 0.25) is 0 Å². The van der Waals surface area contributed by atoms with E-state index in [1.165, 1.54) is 4.90 Å². The highest BCUT2D eigenvalue weighted by molar-refractivity contribution is 6.02. The van der Waals surface area contributed by atoms with Crippen molar-refractivity contribution in [2.45, 2.75) is 32.5 Å². The summed E-state index contributed by atoms with van der Waals surface area (Å²) in [7, 11) is 0. The zero-order chi connectivity index (χ0) is 20.4. The fourth-order valence-corrected chi connectivity index (χ4v) is 3.22. The Balaban J connectivity index is 1.88. The van der Waals surface area contributed by atoms with Gasteiger partial charge in [0.05, 0.1) is 6.61 Å². The second-order valence-electron chi connectivity index (χ2n) is 6.80. The molecule has 150 valence electrons. The van der Waals surface area contributed by atoms with Gasteiger partial charge in [-0.2, -0.15) is 0 Å². The third-order valence-electron chi connectivity index (χ3n) is 4.82. The molecule has 2 saturated heterocycles. The number of morpholine rings is 1. The summed E-state index contributed by atoms with van der Waals surface area (Å²) in [5.74, 6) is -3.02. The van der Waals surface area contributed by atoms with Crippen LogP contribution < -0.4 is 4.90 Å². The van der Waals surface area contributed by atoms with Gasteiger partial charge in [-0.15, -0.1) is 0 Å². The van der Waals surface area contributed by atoms with E-state index in [-0.39, 0.29) is 19.1 Å². The fourth-order valence-electron chi connectivity index (χ4n) is 3.22. The second-order valence-corrected chi connectivity index (χ2v) is 6.80. The zero-order valence-corrected chi connectivity index (χ0v) is 15.7. The van der Waals surface area contributed by atoms with Crippen LogP contribution in [0.4, 0.5) is 5.69 Å². The number of aliphatic carboxylic acids is 1. The van der Waals surface area contributed by atoms with Crippen molar-refractivity contribution in [2.75, 3.05) is 31.1 Å². The lowest BCUT2D eigenvalue weighted by Crippen LogP contribution is -2.55. The van der Waals surface area contributed by atoms with E-state index < -0.39 is 30.1 Å². The second kappa shape index (κ2) is 7.97. The number of carbonyl (C=O) groups excluding carboxylic acids is 3. The van der Waals surface area contributed by atoms with E-state index in [4.69, 9.17) is 9.47 Å². The van der Waals surface area contributed by atoms with Gasteiger partial charge in [-0.25, -0.2) is 4.79 Å². The van der Waals surface area contributed by atoms with Crippen LogP contribution in [-0.4, -0.2) is 72.2 Å². The maximum atomic E-state index is 12.9. The highest BCUT2D eigenvalue weighted by Crippen LogP contribution is 2.27. The van der Waals surface area contributed by atoms with Crippen LogP contribution in [0.25, 0.3) is 0 Å². The summed E-state index contributed by atoms with van der Waals surface area (Å²) in [6.07, 6.45) is -2.22. The maximum Gasteiger partial charge on any atom is 0.348 e. The lowest BCUT2D eigenvalue weighted by Gasteiger charge is -2.35. The molecule has 0 saturated carbocycles. The number of amides is 2. The van der Waals surface area contributed by atoms with E-state index >= 15 is 0 Å². The minimum absolute atomic E-state index is 0.0746. The van der Waals surface area contributed by atoms with Crippen molar-refractivity contribution in [2.24, 2.45) is 0 Å². The predicted molar refractivity (Wildman–Crippen MR) is 97.0 cm³/mol. The molecular weight excluding hydrogens is 368 g/mol. The van der Waals surface area contributed by atoms with Gasteiger partial charge in [0, 0.05) is 37.8 Å². The summed E-state index contributed by atoms with van der Waals surface area (Å²) in [6, 6.07) is 5.10. The predicted octanol–water partition coefficient (Wildman–Crippen LogP) is 0.589. The van der Waals surface area contributed by atoms with Gasteiger partial charge in [0.2, 0.25) is 6.10 Å². The van der Waals surface area contributed by atoms with Gasteiger partial charge < -0.3 is 24.4 Å². The van der Waals surface area contributed by atoms with Gasteiger partial charge in [0.15, 0.2) is 6.10 Å². The SMILES string of the molecule is CC(=O)O[C@@H](C(=O)O)[C@H]1OCCN(c2cc(C(=O)N3CCC3)ccc2C)C1=O. The molecule has 9 nitrogen and oxygen atoms in total. The number of carboxylic acids is 1. The molecule has 2 atom stereocenters. The number of benzene rings is 1. The van der Waals surface area contributed by atoms with Crippen molar-refractivity contribution in [3.8, 4) is 0 Å². The van der Waals surface area contributed by atoms with Crippen molar-refractivity contribution >= 4 is 29.4 Å². The number of aryl methyl sites for hydroxylation is 1. The number of hydrogen-bond acceptors (Lipinski definition) is 6. The highest BCUT2D eigenvalue weighted by atomic mass is 16.6. The Labute approximate surface area is 161 Å². The molecule has 2 aliphatic heterocycles. The van der Waals surface area contributed by atoms with Crippen molar-refractivity contribution in [3.05, 3.63) is 29.3 Å². The molecule has 1 N–H and O–H groups in total. The summed E-state index contributed by atoms with van der Waals surface area (Å²) in [6.45, 7) is 4.56. The lowest BCUT2D eigenvalue weighted by molar-refractivity contribution is -0.177. The van der Waals surface area contributed by atoms with Crippen molar-refractivity contribution in [3.63, 3.8) is 0 Å². The Morgan fingerprint density at radius 3 is 2.54 bits per heavy atom. The van der Waals surface area contributed by atoms with Crippen LogP contribution in [0.5, 0.6) is 0 Å². The summed E-state index contributed by atoms with van der Waals surface area (Å²) >= 11 is 0. The fraction of sp³-hybridized carbons (Fsp3) is 0.474. The van der Waals surface area contributed by atoms with E-state index in [1.807, 2.05) is 0 Å². The minimum Gasteiger partial charge on any atom is -0.478 e. The first-order chi connectivity index (χ1) is 13.3. The third kappa shape index (κ3) is 3.84. The first-order valence-corrected chi connectivity index (χ1v) is 9.02. The standard InChI is InChI=1S/C19H22N2O7/c1-11-4-5-13(17(23)20-6-3-7-20)10-14(11)21-8-9-27-15(18(21)24)16(19(25)26)28-12(2)22/h4-5,10,15-16H,3,6-9H2,1-2H3,(H,25,26)/t15-,16-/m1/s1. The molecule has 2 heterocycles. The van der Waals surface area contributed by atoms with E-state index in [9.17, 15) is 24.3 Å². The Kier molecular flexibility index (Phi) is 5.64. The third-order valence-corrected chi connectivity index (χ3v) is 4.82. The molecule has 1 aromatic carbocycles. The number of nitrogens with zero attached hydrogens (tertiary/aromatic N) is 2. The molecule has 28 heavy (non-hydrogen) atoms. The molecular formula is C19H22N2O7. The Bertz CT molecular complexity index is 819. The lowest BCUT2D eigenvalue weighted by atomic mass is 10.0. The average molecular weight is 390 g/mol. The molecule has 0 radical (unpaired) electrons. The molecule has 9 heteroatoms. The molecule has 2 amide bonds. The maximum absolute atomic E-state index is 12.9. The molecule has 0 aliphatic carbocycles. The molecule has 2 aliphatic rings. The van der Waals surface area contributed by atoms with Crippen LogP contribution in [0, 0.1) is 6.92 Å². The minimum atomic E-state index is -1.74. The zero-order valence-electron chi connectivity index (χ0n) is 15.7. The number of rotatable bonds is 5. The quantitative estimate of drug-likeness (QED) is 0.732. The number of esters is 1. The molecule has 0 unspecified atom stereocenters. The monoisotopic (exact) mass is 390 g/mol. The highest BCUT2D eigenvalue weighted by Gasteiger charge is 2.43. The van der Waals surface area contributed by atoms with Crippen molar-refractivity contribution in [1.82, 2.24) is 4.90 Å². The van der Waals surface area contributed by atoms with Gasteiger partial charge in [0.1, 0.15) is 0 Å². The number of carbonyl (C=O) groups is 4. The summed E-state index contributed by atoms with van der Waals surface area (Å²) in [5, 5.41) is 9.34. The van der Waals surface area contributed by atoms with Gasteiger partial charge in [-0.1, -0.05) is 6.07 Å².